The van der Waals surface area contributed by atoms with Crippen LogP contribution in [0.4, 0.5) is 9.18 Å². The van der Waals surface area contributed by atoms with Crippen LogP contribution in [-0.2, 0) is 10.3 Å². The SMILES string of the molecule is CC1(c2ccc(Cl)cc2Cl)NC(=O)N(CCCOc2ccc(F)cc2)C1=O. The monoisotopic (exact) mass is 410 g/mol. The van der Waals surface area contributed by atoms with Gasteiger partial charge in [-0.05, 0) is 49.7 Å². The summed E-state index contributed by atoms with van der Waals surface area (Å²) in [6.07, 6.45) is 0.432. The van der Waals surface area contributed by atoms with Crippen molar-refractivity contribution in [3.8, 4) is 5.75 Å². The third-order valence-electron chi connectivity index (χ3n) is 4.35. The summed E-state index contributed by atoms with van der Waals surface area (Å²) in [5, 5.41) is 3.45. The average Bonchev–Trinajstić information content (AvgIpc) is 2.83. The van der Waals surface area contributed by atoms with Gasteiger partial charge in [0.2, 0.25) is 0 Å². The molecule has 1 N–H and O–H groups in total. The Hall–Kier alpha value is -2.31. The Morgan fingerprint density at radius 2 is 1.85 bits per heavy atom. The zero-order valence-electron chi connectivity index (χ0n) is 14.5. The van der Waals surface area contributed by atoms with Gasteiger partial charge in [0.15, 0.2) is 0 Å². The highest BCUT2D eigenvalue weighted by atomic mass is 35.5. The number of amides is 3. The fraction of sp³-hybridized carbons (Fsp3) is 0.263. The molecule has 142 valence electrons. The van der Waals surface area contributed by atoms with Crippen LogP contribution in [0.1, 0.15) is 18.9 Å². The van der Waals surface area contributed by atoms with Crippen molar-refractivity contribution in [2.24, 2.45) is 0 Å². The normalized spacial score (nSPS) is 19.3. The molecule has 27 heavy (non-hydrogen) atoms. The summed E-state index contributed by atoms with van der Waals surface area (Å²) in [6, 6.07) is 9.92. The van der Waals surface area contributed by atoms with E-state index in [0.717, 1.165) is 4.90 Å². The molecule has 0 spiro atoms. The molecule has 2 aromatic rings. The molecule has 2 aromatic carbocycles. The molecule has 0 radical (unpaired) electrons. The van der Waals surface area contributed by atoms with Crippen LogP contribution in [-0.4, -0.2) is 30.0 Å². The van der Waals surface area contributed by atoms with E-state index in [2.05, 4.69) is 5.32 Å². The number of carbonyl (C=O) groups is 2. The van der Waals surface area contributed by atoms with Crippen molar-refractivity contribution in [3.05, 3.63) is 63.9 Å². The second-order valence-electron chi connectivity index (χ2n) is 6.29. The standard InChI is InChI=1S/C19H17Cl2FN2O3/c1-19(15-8-3-12(20)11-16(15)21)17(25)24(18(26)23-19)9-2-10-27-14-6-4-13(22)5-7-14/h3-8,11H,2,9-10H2,1H3,(H,23,26). The van der Waals surface area contributed by atoms with Crippen LogP contribution in [0.3, 0.4) is 0 Å². The number of nitrogens with one attached hydrogen (secondary N) is 1. The number of nitrogens with zero attached hydrogens (tertiary/aromatic N) is 1. The number of rotatable bonds is 6. The van der Waals surface area contributed by atoms with E-state index in [-0.39, 0.29) is 19.0 Å². The van der Waals surface area contributed by atoms with Crippen LogP contribution in [0.15, 0.2) is 42.5 Å². The maximum atomic E-state index is 12.9. The lowest BCUT2D eigenvalue weighted by Gasteiger charge is -2.23. The van der Waals surface area contributed by atoms with Gasteiger partial charge in [0.1, 0.15) is 17.1 Å². The first kappa shape index (κ1) is 19.5. The van der Waals surface area contributed by atoms with Crippen molar-refractivity contribution >= 4 is 35.1 Å². The van der Waals surface area contributed by atoms with E-state index < -0.39 is 17.5 Å². The molecule has 1 atom stereocenters. The molecular weight excluding hydrogens is 394 g/mol. The lowest BCUT2D eigenvalue weighted by molar-refractivity contribution is -0.131. The first-order valence-corrected chi connectivity index (χ1v) is 9.05. The molecular formula is C19H17Cl2FN2O3. The highest BCUT2D eigenvalue weighted by Gasteiger charge is 2.49. The van der Waals surface area contributed by atoms with E-state index in [4.69, 9.17) is 27.9 Å². The topological polar surface area (TPSA) is 58.6 Å². The van der Waals surface area contributed by atoms with Gasteiger partial charge in [-0.1, -0.05) is 29.3 Å². The van der Waals surface area contributed by atoms with E-state index in [1.807, 2.05) is 0 Å². The van der Waals surface area contributed by atoms with Crippen LogP contribution >= 0.6 is 23.2 Å². The zero-order valence-corrected chi connectivity index (χ0v) is 16.0. The maximum absolute atomic E-state index is 12.9. The molecule has 1 fully saturated rings. The summed E-state index contributed by atoms with van der Waals surface area (Å²) in [4.78, 5) is 26.3. The number of halogens is 3. The third kappa shape index (κ3) is 4.01. The number of hydrogen-bond donors (Lipinski definition) is 1. The van der Waals surface area contributed by atoms with Crippen LogP contribution in [0.25, 0.3) is 0 Å². The molecule has 1 heterocycles. The fourth-order valence-corrected chi connectivity index (χ4v) is 3.52. The van der Waals surface area contributed by atoms with Crippen LogP contribution in [0.5, 0.6) is 5.75 Å². The molecule has 1 saturated heterocycles. The van der Waals surface area contributed by atoms with Crippen molar-refractivity contribution < 1.29 is 18.7 Å². The summed E-state index contributed by atoms with van der Waals surface area (Å²) in [6.45, 7) is 2.07. The van der Waals surface area contributed by atoms with Crippen molar-refractivity contribution in [2.75, 3.05) is 13.2 Å². The summed E-state index contributed by atoms with van der Waals surface area (Å²) in [5.74, 6) is -0.216. The maximum Gasteiger partial charge on any atom is 0.325 e. The zero-order chi connectivity index (χ0) is 19.6. The second kappa shape index (κ2) is 7.74. The Bertz CT molecular complexity index is 876. The Morgan fingerprint density at radius 3 is 2.52 bits per heavy atom. The minimum Gasteiger partial charge on any atom is -0.494 e. The molecule has 5 nitrogen and oxygen atoms in total. The Kier molecular flexibility index (Phi) is 5.58. The summed E-state index contributed by atoms with van der Waals surface area (Å²) in [7, 11) is 0. The number of urea groups is 1. The summed E-state index contributed by atoms with van der Waals surface area (Å²) >= 11 is 12.1. The second-order valence-corrected chi connectivity index (χ2v) is 7.14. The number of imide groups is 1. The van der Waals surface area contributed by atoms with Gasteiger partial charge >= 0.3 is 6.03 Å². The van der Waals surface area contributed by atoms with E-state index in [1.54, 1.807) is 19.1 Å². The molecule has 3 amide bonds. The fourth-order valence-electron chi connectivity index (χ4n) is 2.92. The molecule has 0 aliphatic carbocycles. The summed E-state index contributed by atoms with van der Waals surface area (Å²) < 4.78 is 18.4. The van der Waals surface area contributed by atoms with Crippen LogP contribution in [0.2, 0.25) is 10.0 Å². The third-order valence-corrected chi connectivity index (χ3v) is 4.90. The van der Waals surface area contributed by atoms with Gasteiger partial charge in [-0.2, -0.15) is 0 Å². The molecule has 1 aliphatic rings. The number of ether oxygens (including phenoxy) is 1. The van der Waals surface area contributed by atoms with E-state index in [0.29, 0.717) is 27.8 Å². The largest absolute Gasteiger partial charge is 0.494 e. The van der Waals surface area contributed by atoms with Gasteiger partial charge in [-0.25, -0.2) is 9.18 Å². The first-order chi connectivity index (χ1) is 12.8. The van der Waals surface area contributed by atoms with Gasteiger partial charge < -0.3 is 10.1 Å². The Balaban J connectivity index is 1.62. The number of hydrogen-bond acceptors (Lipinski definition) is 3. The number of benzene rings is 2. The first-order valence-electron chi connectivity index (χ1n) is 8.29. The minimum atomic E-state index is -1.25. The van der Waals surface area contributed by atoms with Crippen molar-refractivity contribution in [1.82, 2.24) is 10.2 Å². The van der Waals surface area contributed by atoms with E-state index in [9.17, 15) is 14.0 Å². The smallest absolute Gasteiger partial charge is 0.325 e. The lowest BCUT2D eigenvalue weighted by Crippen LogP contribution is -2.41. The molecule has 3 rings (SSSR count). The van der Waals surface area contributed by atoms with Gasteiger partial charge in [0.05, 0.1) is 6.61 Å². The van der Waals surface area contributed by atoms with Crippen LogP contribution in [0, 0.1) is 5.82 Å². The molecule has 0 bridgehead atoms. The molecule has 1 unspecified atom stereocenters. The Morgan fingerprint density at radius 1 is 1.15 bits per heavy atom. The highest BCUT2D eigenvalue weighted by molar-refractivity contribution is 6.35. The van der Waals surface area contributed by atoms with Gasteiger partial charge in [-0.15, -0.1) is 0 Å². The predicted molar refractivity (Wildman–Crippen MR) is 101 cm³/mol. The van der Waals surface area contributed by atoms with Crippen LogP contribution < -0.4 is 10.1 Å². The van der Waals surface area contributed by atoms with Gasteiger partial charge in [0.25, 0.3) is 5.91 Å². The van der Waals surface area contributed by atoms with Crippen molar-refractivity contribution in [1.29, 1.82) is 0 Å². The van der Waals surface area contributed by atoms with E-state index >= 15 is 0 Å². The molecule has 0 saturated carbocycles. The lowest BCUT2D eigenvalue weighted by atomic mass is 9.92. The van der Waals surface area contributed by atoms with Gasteiger partial charge in [-0.3, -0.25) is 9.69 Å². The van der Waals surface area contributed by atoms with E-state index in [1.165, 1.54) is 30.3 Å². The van der Waals surface area contributed by atoms with Gasteiger partial charge in [0, 0.05) is 22.2 Å². The minimum absolute atomic E-state index is 0.187. The van der Waals surface area contributed by atoms with Crippen molar-refractivity contribution in [3.63, 3.8) is 0 Å². The predicted octanol–water partition coefficient (Wildman–Crippen LogP) is 4.37. The highest BCUT2D eigenvalue weighted by Crippen LogP contribution is 2.35. The van der Waals surface area contributed by atoms with Crippen molar-refractivity contribution in [2.45, 2.75) is 18.9 Å². The number of carbonyl (C=O) groups excluding carboxylic acids is 2. The summed E-state index contributed by atoms with van der Waals surface area (Å²) in [5.41, 5.74) is -0.770. The molecule has 0 aromatic heterocycles. The Labute approximate surface area is 166 Å². The molecule has 8 heteroatoms. The molecule has 1 aliphatic heterocycles. The average molecular weight is 411 g/mol. The quantitative estimate of drug-likeness (QED) is 0.568.